The standard InChI is InChI=1S/C19H31N5O/c1-15-18(16(2)22-21-15)8-12-23-9-6-7-17(14-23)13-20-19(25)24-10-4-3-5-11-24/h7H,3-6,8-14H2,1-2H3,(H,20,25)(H,21,22). The molecule has 2 amide bonds. The van der Waals surface area contributed by atoms with Gasteiger partial charge in [-0.3, -0.25) is 10.00 Å². The molecule has 0 bridgehead atoms. The van der Waals surface area contributed by atoms with E-state index < -0.39 is 0 Å². The minimum absolute atomic E-state index is 0.0994. The number of aryl methyl sites for hydroxylation is 2. The van der Waals surface area contributed by atoms with Gasteiger partial charge in [0.05, 0.1) is 5.69 Å². The number of carbonyl (C=O) groups is 1. The van der Waals surface area contributed by atoms with Gasteiger partial charge in [0.25, 0.3) is 0 Å². The van der Waals surface area contributed by atoms with Crippen LogP contribution in [0, 0.1) is 13.8 Å². The summed E-state index contributed by atoms with van der Waals surface area (Å²) < 4.78 is 0. The van der Waals surface area contributed by atoms with Crippen LogP contribution in [-0.2, 0) is 6.42 Å². The zero-order valence-electron chi connectivity index (χ0n) is 15.6. The van der Waals surface area contributed by atoms with Gasteiger partial charge in [0.1, 0.15) is 0 Å². The van der Waals surface area contributed by atoms with E-state index in [1.54, 1.807) is 0 Å². The fourth-order valence-electron chi connectivity index (χ4n) is 3.81. The Balaban J connectivity index is 1.43. The van der Waals surface area contributed by atoms with Gasteiger partial charge in [0, 0.05) is 45.0 Å². The van der Waals surface area contributed by atoms with Crippen molar-refractivity contribution in [3.63, 3.8) is 0 Å². The van der Waals surface area contributed by atoms with Crippen LogP contribution in [-0.4, -0.2) is 65.3 Å². The topological polar surface area (TPSA) is 64.3 Å². The van der Waals surface area contributed by atoms with Crippen LogP contribution in [0.2, 0.25) is 0 Å². The van der Waals surface area contributed by atoms with Crippen molar-refractivity contribution >= 4 is 6.03 Å². The molecule has 138 valence electrons. The number of carbonyl (C=O) groups excluding carboxylic acids is 1. The third kappa shape index (κ3) is 4.84. The van der Waals surface area contributed by atoms with E-state index >= 15 is 0 Å². The Hall–Kier alpha value is -1.82. The average molecular weight is 345 g/mol. The van der Waals surface area contributed by atoms with Crippen molar-refractivity contribution < 1.29 is 4.79 Å². The van der Waals surface area contributed by atoms with E-state index in [1.165, 1.54) is 23.3 Å². The summed E-state index contributed by atoms with van der Waals surface area (Å²) in [5, 5.41) is 10.5. The lowest BCUT2D eigenvalue weighted by Gasteiger charge is -2.29. The molecule has 0 radical (unpaired) electrons. The van der Waals surface area contributed by atoms with E-state index in [2.05, 4.69) is 40.3 Å². The number of hydrogen-bond donors (Lipinski definition) is 2. The van der Waals surface area contributed by atoms with E-state index in [0.717, 1.165) is 64.1 Å². The van der Waals surface area contributed by atoms with Crippen LogP contribution >= 0.6 is 0 Å². The Morgan fingerprint density at radius 3 is 2.76 bits per heavy atom. The van der Waals surface area contributed by atoms with Gasteiger partial charge in [-0.05, 0) is 57.1 Å². The number of nitrogens with one attached hydrogen (secondary N) is 2. The lowest BCUT2D eigenvalue weighted by molar-refractivity contribution is 0.187. The number of urea groups is 1. The molecule has 1 aromatic rings. The number of rotatable bonds is 5. The van der Waals surface area contributed by atoms with Crippen molar-refractivity contribution in [2.75, 3.05) is 39.3 Å². The normalized spacial score (nSPS) is 19.0. The molecule has 1 saturated heterocycles. The molecule has 6 nitrogen and oxygen atoms in total. The van der Waals surface area contributed by atoms with Crippen molar-refractivity contribution in [1.82, 2.24) is 25.3 Å². The van der Waals surface area contributed by atoms with E-state index in [-0.39, 0.29) is 6.03 Å². The van der Waals surface area contributed by atoms with Crippen LogP contribution in [0.5, 0.6) is 0 Å². The lowest BCUT2D eigenvalue weighted by atomic mass is 10.1. The van der Waals surface area contributed by atoms with Gasteiger partial charge in [-0.2, -0.15) is 5.10 Å². The molecule has 0 atom stereocenters. The van der Waals surface area contributed by atoms with E-state index in [1.807, 2.05) is 4.90 Å². The zero-order chi connectivity index (χ0) is 17.6. The number of H-pyrrole nitrogens is 1. The Morgan fingerprint density at radius 1 is 1.24 bits per heavy atom. The highest BCUT2D eigenvalue weighted by Crippen LogP contribution is 2.14. The second kappa shape index (κ2) is 8.52. The summed E-state index contributed by atoms with van der Waals surface area (Å²) in [6.45, 7) is 9.73. The predicted octanol–water partition coefficient (Wildman–Crippen LogP) is 2.40. The number of amides is 2. The second-order valence-electron chi connectivity index (χ2n) is 7.30. The zero-order valence-corrected chi connectivity index (χ0v) is 15.6. The molecular formula is C19H31N5O. The maximum Gasteiger partial charge on any atom is 0.317 e. The molecule has 3 heterocycles. The van der Waals surface area contributed by atoms with Gasteiger partial charge in [0.2, 0.25) is 0 Å². The first-order chi connectivity index (χ1) is 12.1. The SMILES string of the molecule is Cc1n[nH]c(C)c1CCN1CCC=C(CNC(=O)N2CCCCC2)C1. The van der Waals surface area contributed by atoms with Crippen molar-refractivity contribution in [2.45, 2.75) is 46.0 Å². The van der Waals surface area contributed by atoms with Crippen molar-refractivity contribution in [3.05, 3.63) is 28.6 Å². The number of aromatic amines is 1. The molecule has 1 aromatic heterocycles. The van der Waals surface area contributed by atoms with Crippen LogP contribution in [0.4, 0.5) is 4.79 Å². The largest absolute Gasteiger partial charge is 0.334 e. The third-order valence-electron chi connectivity index (χ3n) is 5.37. The molecule has 0 unspecified atom stereocenters. The maximum absolute atomic E-state index is 12.2. The van der Waals surface area contributed by atoms with Crippen LogP contribution in [0.1, 0.15) is 42.6 Å². The van der Waals surface area contributed by atoms with Crippen molar-refractivity contribution in [2.24, 2.45) is 0 Å². The van der Waals surface area contributed by atoms with E-state index in [4.69, 9.17) is 0 Å². The number of likely N-dealkylation sites (tertiary alicyclic amines) is 1. The fraction of sp³-hybridized carbons (Fsp3) is 0.684. The van der Waals surface area contributed by atoms with E-state index in [9.17, 15) is 4.79 Å². The molecule has 25 heavy (non-hydrogen) atoms. The Kier molecular flexibility index (Phi) is 6.13. The second-order valence-corrected chi connectivity index (χ2v) is 7.30. The van der Waals surface area contributed by atoms with Gasteiger partial charge < -0.3 is 10.2 Å². The number of aromatic nitrogens is 2. The van der Waals surface area contributed by atoms with Crippen LogP contribution < -0.4 is 5.32 Å². The molecule has 0 aliphatic carbocycles. The number of piperidine rings is 1. The minimum atomic E-state index is 0.0994. The average Bonchev–Trinajstić information content (AvgIpc) is 2.97. The molecule has 3 rings (SSSR count). The van der Waals surface area contributed by atoms with Gasteiger partial charge in [0.15, 0.2) is 0 Å². The first-order valence-electron chi connectivity index (χ1n) is 9.57. The molecule has 0 spiro atoms. The molecule has 2 N–H and O–H groups in total. The minimum Gasteiger partial charge on any atom is -0.334 e. The van der Waals surface area contributed by atoms with E-state index in [0.29, 0.717) is 6.54 Å². The molecule has 1 fully saturated rings. The third-order valence-corrected chi connectivity index (χ3v) is 5.37. The lowest BCUT2D eigenvalue weighted by Crippen LogP contribution is -2.44. The molecule has 0 saturated carbocycles. The molecular weight excluding hydrogens is 314 g/mol. The smallest absolute Gasteiger partial charge is 0.317 e. The number of nitrogens with zero attached hydrogens (tertiary/aromatic N) is 3. The fourth-order valence-corrected chi connectivity index (χ4v) is 3.81. The van der Waals surface area contributed by atoms with Gasteiger partial charge in [-0.1, -0.05) is 6.08 Å². The first-order valence-corrected chi connectivity index (χ1v) is 9.57. The van der Waals surface area contributed by atoms with Crippen LogP contribution in [0.3, 0.4) is 0 Å². The highest BCUT2D eigenvalue weighted by molar-refractivity contribution is 5.74. The molecule has 0 aromatic carbocycles. The first kappa shape index (κ1) is 18.0. The summed E-state index contributed by atoms with van der Waals surface area (Å²) in [5.74, 6) is 0. The summed E-state index contributed by atoms with van der Waals surface area (Å²) >= 11 is 0. The summed E-state index contributed by atoms with van der Waals surface area (Å²) in [7, 11) is 0. The van der Waals surface area contributed by atoms with Crippen molar-refractivity contribution in [1.29, 1.82) is 0 Å². The summed E-state index contributed by atoms with van der Waals surface area (Å²) in [5.41, 5.74) is 4.96. The van der Waals surface area contributed by atoms with Crippen molar-refractivity contribution in [3.8, 4) is 0 Å². The summed E-state index contributed by atoms with van der Waals surface area (Å²) in [6, 6.07) is 0.0994. The Labute approximate surface area is 150 Å². The van der Waals surface area contributed by atoms with Gasteiger partial charge in [-0.15, -0.1) is 0 Å². The molecule has 2 aliphatic heterocycles. The quantitative estimate of drug-likeness (QED) is 0.806. The Bertz CT molecular complexity index is 596. The summed E-state index contributed by atoms with van der Waals surface area (Å²) in [4.78, 5) is 16.7. The monoisotopic (exact) mass is 345 g/mol. The highest BCUT2D eigenvalue weighted by Gasteiger charge is 2.18. The molecule has 6 heteroatoms. The van der Waals surface area contributed by atoms with Crippen LogP contribution in [0.15, 0.2) is 11.6 Å². The maximum atomic E-state index is 12.2. The number of hydrogen-bond acceptors (Lipinski definition) is 3. The van der Waals surface area contributed by atoms with Gasteiger partial charge >= 0.3 is 6.03 Å². The summed E-state index contributed by atoms with van der Waals surface area (Å²) in [6.07, 6.45) is 7.91. The van der Waals surface area contributed by atoms with Crippen LogP contribution in [0.25, 0.3) is 0 Å². The Morgan fingerprint density at radius 2 is 2.04 bits per heavy atom. The van der Waals surface area contributed by atoms with Gasteiger partial charge in [-0.25, -0.2) is 4.79 Å². The predicted molar refractivity (Wildman–Crippen MR) is 99.7 cm³/mol. The molecule has 2 aliphatic rings. The highest BCUT2D eigenvalue weighted by atomic mass is 16.2.